The van der Waals surface area contributed by atoms with Gasteiger partial charge in [-0.15, -0.1) is 11.6 Å². The third-order valence-electron chi connectivity index (χ3n) is 2.53. The van der Waals surface area contributed by atoms with Gasteiger partial charge in [-0.05, 0) is 26.0 Å². The summed E-state index contributed by atoms with van der Waals surface area (Å²) in [5, 5.41) is 30.2. The van der Waals surface area contributed by atoms with E-state index in [2.05, 4.69) is 0 Å². The molecule has 0 saturated heterocycles. The molecule has 0 heterocycles. The first-order valence-electron chi connectivity index (χ1n) is 5.61. The topological polar surface area (TPSA) is 104 Å². The first-order chi connectivity index (χ1) is 9.59. The molecular formula is C13H10Cl2N2O4. The largest absolute Gasteiger partial charge is 0.506 e. The molecule has 0 fully saturated rings. The standard InChI is InChI=1S/C13H10Cl2N2O4/c1-13(2,15)12(19)9(6-16)11(18)8-4-3-7(14)5-10(8)17(20)21/h3-5,18H,1-2H3. The predicted octanol–water partition coefficient (Wildman–Crippen LogP) is 3.63. The van der Waals surface area contributed by atoms with Gasteiger partial charge in [0.25, 0.3) is 5.69 Å². The molecule has 6 nitrogen and oxygen atoms in total. The lowest BCUT2D eigenvalue weighted by Crippen LogP contribution is -2.26. The molecule has 0 spiro atoms. The Bertz CT molecular complexity index is 684. The lowest BCUT2D eigenvalue weighted by Gasteiger charge is -2.14. The Kier molecular flexibility index (Phi) is 4.94. The first-order valence-corrected chi connectivity index (χ1v) is 6.36. The third kappa shape index (κ3) is 3.72. The highest BCUT2D eigenvalue weighted by atomic mass is 35.5. The Balaban J connectivity index is 3.58. The normalized spacial score (nSPS) is 12.3. The number of nitro groups is 1. The van der Waals surface area contributed by atoms with Crippen molar-refractivity contribution in [2.45, 2.75) is 18.7 Å². The summed E-state index contributed by atoms with van der Waals surface area (Å²) < 4.78 is 0. The van der Waals surface area contributed by atoms with Gasteiger partial charge >= 0.3 is 0 Å². The number of halogens is 2. The molecule has 0 aromatic heterocycles. The molecule has 0 radical (unpaired) electrons. The van der Waals surface area contributed by atoms with Crippen molar-refractivity contribution in [1.29, 1.82) is 5.26 Å². The van der Waals surface area contributed by atoms with Crippen LogP contribution in [-0.2, 0) is 4.79 Å². The highest BCUT2D eigenvalue weighted by Crippen LogP contribution is 2.31. The van der Waals surface area contributed by atoms with Gasteiger partial charge in [-0.25, -0.2) is 0 Å². The molecule has 110 valence electrons. The highest BCUT2D eigenvalue weighted by Gasteiger charge is 2.32. The van der Waals surface area contributed by atoms with Crippen molar-refractivity contribution in [3.63, 3.8) is 0 Å². The van der Waals surface area contributed by atoms with Crippen molar-refractivity contribution in [2.75, 3.05) is 0 Å². The van der Waals surface area contributed by atoms with Crippen molar-refractivity contribution in [2.24, 2.45) is 0 Å². The number of rotatable bonds is 4. The van der Waals surface area contributed by atoms with Crippen molar-refractivity contribution >= 4 is 40.4 Å². The van der Waals surface area contributed by atoms with E-state index in [1.165, 1.54) is 26.0 Å². The van der Waals surface area contributed by atoms with E-state index < -0.39 is 32.6 Å². The summed E-state index contributed by atoms with van der Waals surface area (Å²) in [4.78, 5) is 20.8. The van der Waals surface area contributed by atoms with E-state index in [9.17, 15) is 20.0 Å². The predicted molar refractivity (Wildman–Crippen MR) is 78.2 cm³/mol. The molecule has 0 atom stereocenters. The number of alkyl halides is 1. The summed E-state index contributed by atoms with van der Waals surface area (Å²) in [7, 11) is 0. The van der Waals surface area contributed by atoms with Gasteiger partial charge in [0.1, 0.15) is 16.5 Å². The van der Waals surface area contributed by atoms with E-state index >= 15 is 0 Å². The number of nitrogens with zero attached hydrogens (tertiary/aromatic N) is 2. The number of carbonyl (C=O) groups excluding carboxylic acids is 1. The maximum absolute atomic E-state index is 12.0. The van der Waals surface area contributed by atoms with Gasteiger partial charge in [0.05, 0.1) is 10.5 Å². The number of aliphatic hydroxyl groups excluding tert-OH is 1. The van der Waals surface area contributed by atoms with Crippen LogP contribution in [0.2, 0.25) is 5.02 Å². The second-order valence-corrected chi connectivity index (χ2v) is 5.94. The first kappa shape index (κ1) is 17.0. The minimum Gasteiger partial charge on any atom is -0.506 e. The van der Waals surface area contributed by atoms with Crippen LogP contribution in [0.4, 0.5) is 5.69 Å². The van der Waals surface area contributed by atoms with Crippen LogP contribution in [0.3, 0.4) is 0 Å². The summed E-state index contributed by atoms with van der Waals surface area (Å²) in [5.74, 6) is -1.65. The fraction of sp³-hybridized carbons (Fsp3) is 0.231. The van der Waals surface area contributed by atoms with Crippen LogP contribution in [0.5, 0.6) is 0 Å². The Labute approximate surface area is 130 Å². The van der Waals surface area contributed by atoms with Crippen molar-refractivity contribution in [1.82, 2.24) is 0 Å². The van der Waals surface area contributed by atoms with Crippen LogP contribution >= 0.6 is 23.2 Å². The molecule has 1 aromatic carbocycles. The number of carbonyl (C=O) groups is 1. The average molecular weight is 329 g/mol. The quantitative estimate of drug-likeness (QED) is 0.227. The second-order valence-electron chi connectivity index (χ2n) is 4.56. The molecule has 8 heteroatoms. The van der Waals surface area contributed by atoms with E-state index in [1.807, 2.05) is 0 Å². The summed E-state index contributed by atoms with van der Waals surface area (Å²) in [6.07, 6.45) is 0. The minimum atomic E-state index is -1.43. The third-order valence-corrected chi connectivity index (χ3v) is 2.93. The maximum atomic E-state index is 12.0. The highest BCUT2D eigenvalue weighted by molar-refractivity contribution is 6.38. The number of nitriles is 1. The zero-order valence-corrected chi connectivity index (χ0v) is 12.6. The molecule has 0 bridgehead atoms. The molecule has 1 N–H and O–H groups in total. The minimum absolute atomic E-state index is 0.0840. The lowest BCUT2D eigenvalue weighted by molar-refractivity contribution is -0.385. The molecule has 0 aliphatic carbocycles. The van der Waals surface area contributed by atoms with E-state index in [0.717, 1.165) is 12.1 Å². The van der Waals surface area contributed by atoms with Crippen LogP contribution in [0.25, 0.3) is 5.76 Å². The number of Topliss-reactive ketones (excluding diaryl/α,β-unsaturated/α-hetero) is 1. The van der Waals surface area contributed by atoms with Crippen LogP contribution in [0, 0.1) is 21.4 Å². The summed E-state index contributed by atoms with van der Waals surface area (Å²) >= 11 is 11.5. The maximum Gasteiger partial charge on any atom is 0.281 e. The number of hydrogen-bond acceptors (Lipinski definition) is 5. The molecule has 1 aromatic rings. The Morgan fingerprint density at radius 2 is 2.05 bits per heavy atom. The van der Waals surface area contributed by atoms with Crippen molar-refractivity contribution in [3.05, 3.63) is 44.5 Å². The number of nitro benzene ring substituents is 1. The second kappa shape index (κ2) is 6.12. The monoisotopic (exact) mass is 328 g/mol. The molecule has 0 saturated carbocycles. The van der Waals surface area contributed by atoms with Gasteiger partial charge in [0, 0.05) is 11.1 Å². The lowest BCUT2D eigenvalue weighted by atomic mass is 9.97. The molecule has 0 unspecified atom stereocenters. The van der Waals surface area contributed by atoms with E-state index in [0.29, 0.717) is 0 Å². The Hall–Kier alpha value is -2.10. The Morgan fingerprint density at radius 3 is 2.48 bits per heavy atom. The van der Waals surface area contributed by atoms with Gasteiger partial charge in [0.15, 0.2) is 11.5 Å². The number of benzene rings is 1. The fourth-order valence-electron chi connectivity index (χ4n) is 1.50. The van der Waals surface area contributed by atoms with Crippen molar-refractivity contribution < 1.29 is 14.8 Å². The van der Waals surface area contributed by atoms with Gasteiger partial charge in [-0.2, -0.15) is 5.26 Å². The summed E-state index contributed by atoms with van der Waals surface area (Å²) in [6, 6.07) is 4.99. The average Bonchev–Trinajstić information content (AvgIpc) is 2.37. The number of aliphatic hydroxyl groups is 1. The van der Waals surface area contributed by atoms with Gasteiger partial charge in [0.2, 0.25) is 0 Å². The van der Waals surface area contributed by atoms with Crippen molar-refractivity contribution in [3.8, 4) is 6.07 Å². The summed E-state index contributed by atoms with van der Waals surface area (Å²) in [5.41, 5.74) is -1.46. The molecule has 1 rings (SSSR count). The fourth-order valence-corrected chi connectivity index (χ4v) is 1.76. The van der Waals surface area contributed by atoms with Crippen LogP contribution in [-0.4, -0.2) is 20.7 Å². The van der Waals surface area contributed by atoms with Gasteiger partial charge < -0.3 is 5.11 Å². The number of allylic oxidation sites excluding steroid dienone is 1. The molecule has 0 amide bonds. The van der Waals surface area contributed by atoms with E-state index in [4.69, 9.17) is 28.5 Å². The molecule has 0 aliphatic heterocycles. The molecular weight excluding hydrogens is 319 g/mol. The van der Waals surface area contributed by atoms with E-state index in [-0.39, 0.29) is 10.6 Å². The van der Waals surface area contributed by atoms with E-state index in [1.54, 1.807) is 0 Å². The zero-order chi connectivity index (χ0) is 16.4. The molecule has 21 heavy (non-hydrogen) atoms. The van der Waals surface area contributed by atoms with Crippen LogP contribution in [0.15, 0.2) is 23.8 Å². The summed E-state index contributed by atoms with van der Waals surface area (Å²) in [6.45, 7) is 2.69. The van der Waals surface area contributed by atoms with Gasteiger partial charge in [-0.1, -0.05) is 11.6 Å². The smallest absolute Gasteiger partial charge is 0.281 e. The van der Waals surface area contributed by atoms with Gasteiger partial charge in [-0.3, -0.25) is 14.9 Å². The number of hydrogen-bond donors (Lipinski definition) is 1. The zero-order valence-electron chi connectivity index (χ0n) is 11.1. The van der Waals surface area contributed by atoms with Crippen LogP contribution in [0.1, 0.15) is 19.4 Å². The van der Waals surface area contributed by atoms with Crippen LogP contribution < -0.4 is 0 Å². The SMILES string of the molecule is CC(C)(Cl)C(=O)C(C#N)=C(O)c1ccc(Cl)cc1[N+](=O)[O-]. The Morgan fingerprint density at radius 1 is 1.48 bits per heavy atom. The number of ketones is 1. The molecule has 0 aliphatic rings.